The number of rotatable bonds is 13. The lowest BCUT2D eigenvalue weighted by Gasteiger charge is -2.25. The van der Waals surface area contributed by atoms with Crippen LogP contribution in [0.25, 0.3) is 22.0 Å². The molecule has 1 saturated heterocycles. The second-order valence-electron chi connectivity index (χ2n) is 17.1. The van der Waals surface area contributed by atoms with Crippen molar-refractivity contribution in [3.8, 4) is 11.1 Å². The normalized spacial score (nSPS) is 19.5. The van der Waals surface area contributed by atoms with E-state index in [0.29, 0.717) is 10.7 Å². The van der Waals surface area contributed by atoms with Crippen molar-refractivity contribution in [2.75, 3.05) is 17.1 Å². The van der Waals surface area contributed by atoms with Crippen LogP contribution < -0.4 is 14.3 Å². The summed E-state index contributed by atoms with van der Waals surface area (Å²) < 4.78 is 198. The molecule has 1 saturated carbocycles. The Morgan fingerprint density at radius 2 is 1.66 bits per heavy atom. The van der Waals surface area contributed by atoms with Crippen LogP contribution in [0.4, 0.5) is 49.7 Å². The molecule has 3 aromatic heterocycles. The monoisotopic (exact) mass is 1010 g/mol. The molecule has 14 nitrogen and oxygen atoms in total. The van der Waals surface area contributed by atoms with Crippen molar-refractivity contribution in [3.63, 3.8) is 0 Å². The molecule has 3 atom stereocenters. The predicted octanol–water partition coefficient (Wildman–Crippen LogP) is 7.05. The second-order valence-corrected chi connectivity index (χ2v) is 21.8. The van der Waals surface area contributed by atoms with Crippen molar-refractivity contribution in [2.24, 2.45) is 5.92 Å². The maximum absolute atomic E-state index is 15.5. The van der Waals surface area contributed by atoms with Gasteiger partial charge in [0, 0.05) is 40.6 Å². The molecule has 1 aliphatic heterocycles. The number of alkyl halides is 8. The number of anilines is 1. The van der Waals surface area contributed by atoms with Gasteiger partial charge in [-0.2, -0.15) is 62.8 Å². The summed E-state index contributed by atoms with van der Waals surface area (Å²) in [5.41, 5.74) is -4.96. The van der Waals surface area contributed by atoms with Crippen molar-refractivity contribution in [1.82, 2.24) is 34.6 Å². The molecule has 27 heteroatoms. The highest BCUT2D eigenvalue weighted by molar-refractivity contribution is 7.92. The summed E-state index contributed by atoms with van der Waals surface area (Å²) in [6, 6.07) is 5.39. The molecule has 3 aliphatic rings. The van der Waals surface area contributed by atoms with Crippen molar-refractivity contribution in [2.45, 2.75) is 87.6 Å². The Labute approximate surface area is 378 Å². The molecule has 2 N–H and O–H groups in total. The van der Waals surface area contributed by atoms with Gasteiger partial charge in [0.1, 0.15) is 30.4 Å². The Balaban J connectivity index is 1.33. The Bertz CT molecular complexity index is 3100. The van der Waals surface area contributed by atoms with Crippen LogP contribution in [0.5, 0.6) is 0 Å². The number of nitrogens with zero attached hydrogens (tertiary/aromatic N) is 6. The maximum Gasteiger partial charge on any atom is 0.435 e. The highest BCUT2D eigenvalue weighted by Gasteiger charge is 2.68. The molecule has 0 bridgehead atoms. The lowest BCUT2D eigenvalue weighted by molar-refractivity contribution is -0.143. The van der Waals surface area contributed by atoms with Crippen LogP contribution in [0.2, 0.25) is 5.02 Å². The molecule has 2 aromatic carbocycles. The fourth-order valence-electron chi connectivity index (χ4n) is 8.47. The van der Waals surface area contributed by atoms with E-state index in [1.165, 1.54) is 26.0 Å². The number of hydrogen-bond donors (Lipinski definition) is 2. The van der Waals surface area contributed by atoms with Crippen LogP contribution in [0, 0.1) is 17.6 Å². The molecule has 5 aromatic rings. The first-order valence-electron chi connectivity index (χ1n) is 20.0. The fourth-order valence-corrected chi connectivity index (χ4v) is 10.3. The van der Waals surface area contributed by atoms with Crippen LogP contribution in [-0.4, -0.2) is 76.9 Å². The predicted molar refractivity (Wildman–Crippen MR) is 219 cm³/mol. The van der Waals surface area contributed by atoms with Crippen molar-refractivity contribution >= 4 is 60.2 Å². The van der Waals surface area contributed by atoms with Gasteiger partial charge >= 0.3 is 22.6 Å². The van der Waals surface area contributed by atoms with E-state index in [1.54, 1.807) is 0 Å². The third-order valence-corrected chi connectivity index (χ3v) is 15.9. The lowest BCUT2D eigenvalue weighted by atomic mass is 9.93. The molecule has 67 heavy (non-hydrogen) atoms. The molecular formula is C40H35ClF10N8O6S2. The summed E-state index contributed by atoms with van der Waals surface area (Å²) in [7, 11) is -8.43. The first-order valence-corrected chi connectivity index (χ1v) is 23.7. The number of pyridine rings is 1. The van der Waals surface area contributed by atoms with Gasteiger partial charge in [0.25, 0.3) is 11.8 Å². The number of sulfone groups is 1. The summed E-state index contributed by atoms with van der Waals surface area (Å²) in [4.78, 5) is 31.7. The Morgan fingerprint density at radius 3 is 2.25 bits per heavy atom. The highest BCUT2D eigenvalue weighted by Crippen LogP contribution is 2.68. The van der Waals surface area contributed by atoms with E-state index in [4.69, 9.17) is 11.6 Å². The van der Waals surface area contributed by atoms with Gasteiger partial charge in [0.15, 0.2) is 21.3 Å². The van der Waals surface area contributed by atoms with Crippen LogP contribution in [-0.2, 0) is 67.7 Å². The molecule has 8 rings (SSSR count). The van der Waals surface area contributed by atoms with E-state index in [2.05, 4.69) is 20.5 Å². The molecule has 2 fully saturated rings. The third-order valence-electron chi connectivity index (χ3n) is 12.0. The van der Waals surface area contributed by atoms with Gasteiger partial charge in [-0.3, -0.25) is 23.9 Å². The summed E-state index contributed by atoms with van der Waals surface area (Å²) >= 11 is 6.55. The van der Waals surface area contributed by atoms with Gasteiger partial charge in [-0.15, -0.1) is 0 Å². The largest absolute Gasteiger partial charge is 0.435 e. The van der Waals surface area contributed by atoms with E-state index < -0.39 is 149 Å². The fraction of sp³-hybridized carbons (Fsp3) is 0.425. The topological polar surface area (TPSA) is 178 Å². The first-order chi connectivity index (χ1) is 30.9. The van der Waals surface area contributed by atoms with Crippen molar-refractivity contribution < 1.29 is 70.3 Å². The summed E-state index contributed by atoms with van der Waals surface area (Å²) in [6.07, 6.45) is -10.4. The minimum absolute atomic E-state index is 0.0771. The third kappa shape index (κ3) is 8.96. The van der Waals surface area contributed by atoms with E-state index in [9.17, 15) is 61.5 Å². The first kappa shape index (κ1) is 48.1. The molecule has 1 unspecified atom stereocenters. The number of halogens is 11. The number of aryl methyl sites for hydroxylation is 1. The van der Waals surface area contributed by atoms with Gasteiger partial charge in [-0.25, -0.2) is 17.2 Å². The Kier molecular flexibility index (Phi) is 11.6. The number of carbonyl (C=O) groups is 2. The number of amides is 2. The highest BCUT2D eigenvalue weighted by atomic mass is 35.5. The molecular weight excluding hydrogens is 978 g/mol. The Hall–Kier alpha value is -5.34. The summed E-state index contributed by atoms with van der Waals surface area (Å²) in [5, 5.41) is 8.85. The molecule has 4 heterocycles. The van der Waals surface area contributed by atoms with Crippen LogP contribution >= 0.6 is 11.6 Å². The van der Waals surface area contributed by atoms with Crippen LogP contribution in [0.15, 0.2) is 42.5 Å². The quantitative estimate of drug-likeness (QED) is 0.117. The smallest absolute Gasteiger partial charge is 0.346 e. The number of hydrogen-bond acceptors (Lipinski definition) is 9. The number of aromatic nitrogens is 5. The van der Waals surface area contributed by atoms with Gasteiger partial charge in [-0.1, -0.05) is 23.7 Å². The standard InChI is InChI=1S/C40H35ClF10N8O6S2/c1-37(2,66(3,62)63)9-8-21-4-5-22(23-6-7-26(41)31-33(23)58(17-38(44,45)46)56-36(31)59-29(61)15-52-67(59,64)65)32(53-21)27(12-18-10-19(42)13-20(43)11-18)54-28(60)16-57-35-30(34(55-57)40(49,50)51)24-14-25(24)39(35,47)48/h4-7,10-11,13,24-25,27,52H,8-9,12,14-17H2,1-3H3,(H,54,60)/t24?,25-,27+/m1/s1. The average Bonchev–Trinajstić information content (AvgIpc) is 3.57. The maximum atomic E-state index is 15.5. The molecule has 0 radical (unpaired) electrons. The minimum atomic E-state index is -5.19. The van der Waals surface area contributed by atoms with E-state index in [-0.39, 0.29) is 56.3 Å². The summed E-state index contributed by atoms with van der Waals surface area (Å²) in [5.74, 6) is -11.9. The van der Waals surface area contributed by atoms with E-state index in [1.807, 2.05) is 4.72 Å². The molecule has 360 valence electrons. The number of nitrogens with one attached hydrogen (secondary N) is 2. The summed E-state index contributed by atoms with van der Waals surface area (Å²) in [6.45, 7) is -1.12. The van der Waals surface area contributed by atoms with E-state index >= 15 is 8.78 Å². The number of benzene rings is 2. The van der Waals surface area contributed by atoms with Gasteiger partial charge in [-0.05, 0) is 75.3 Å². The van der Waals surface area contributed by atoms with E-state index in [0.717, 1.165) is 30.5 Å². The zero-order valence-corrected chi connectivity index (χ0v) is 37.2. The second kappa shape index (κ2) is 16.1. The van der Waals surface area contributed by atoms with Gasteiger partial charge < -0.3 is 5.32 Å². The van der Waals surface area contributed by atoms with Gasteiger partial charge in [0.2, 0.25) is 5.91 Å². The number of fused-ring (bicyclic) bond motifs is 4. The lowest BCUT2D eigenvalue weighted by Crippen LogP contribution is -2.35. The molecule has 2 aliphatic carbocycles. The van der Waals surface area contributed by atoms with Gasteiger partial charge in [0.05, 0.1) is 39.0 Å². The van der Waals surface area contributed by atoms with Crippen LogP contribution in [0.1, 0.15) is 72.6 Å². The molecule has 0 spiro atoms. The zero-order chi connectivity index (χ0) is 49.1. The number of carbonyl (C=O) groups excluding carboxylic acids is 2. The van der Waals surface area contributed by atoms with Crippen LogP contribution in [0.3, 0.4) is 0 Å². The average molecular weight is 1010 g/mol. The Morgan fingerprint density at radius 1 is 1.00 bits per heavy atom. The van der Waals surface area contributed by atoms with Crippen molar-refractivity contribution in [1.29, 1.82) is 0 Å². The SMILES string of the molecule is CC(C)(CCc1ccc(-c2ccc(Cl)c3c(N4C(=O)CNS4(=O)=O)nn(CC(F)(F)F)c23)c([C@H](Cc2cc(F)cc(F)c2)NC(=O)Cn2nc(C(F)(F)F)c3c2C(F)(F)[C@@H]2CC32)n1)S(C)(=O)=O. The minimum Gasteiger partial charge on any atom is -0.346 e. The molecule has 2 amide bonds. The van der Waals surface area contributed by atoms with Crippen molar-refractivity contribution in [3.05, 3.63) is 93.0 Å². The zero-order valence-electron chi connectivity index (χ0n) is 34.8.